The smallest absolute Gasteiger partial charge is 0.243 e. The van der Waals surface area contributed by atoms with Crippen molar-refractivity contribution in [1.82, 2.24) is 4.31 Å². The van der Waals surface area contributed by atoms with Gasteiger partial charge in [0.2, 0.25) is 10.0 Å². The van der Waals surface area contributed by atoms with Crippen molar-refractivity contribution in [3.8, 4) is 0 Å². The van der Waals surface area contributed by atoms with Crippen molar-refractivity contribution in [3.63, 3.8) is 0 Å². The average Bonchev–Trinajstić information content (AvgIpc) is 2.82. The van der Waals surface area contributed by atoms with Crippen LogP contribution in [0.15, 0.2) is 17.0 Å². The number of anilines is 1. The van der Waals surface area contributed by atoms with Crippen LogP contribution in [0.25, 0.3) is 0 Å². The fraction of sp³-hybridized carbons (Fsp3) is 0.625. The lowest BCUT2D eigenvalue weighted by Gasteiger charge is -2.20. The molecule has 0 aromatic heterocycles. The zero-order valence-electron chi connectivity index (χ0n) is 13.4. The Morgan fingerprint density at radius 2 is 1.90 bits per heavy atom. The van der Waals surface area contributed by atoms with Crippen molar-refractivity contribution in [2.75, 3.05) is 25.0 Å². The summed E-state index contributed by atoms with van der Waals surface area (Å²) in [5.41, 5.74) is 2.65. The molecule has 4 nitrogen and oxygen atoms in total. The van der Waals surface area contributed by atoms with E-state index in [1.54, 1.807) is 4.31 Å². The number of hydrogen-bond donors (Lipinski definition) is 1. The Balaban J connectivity index is 2.35. The number of nitrogens with one attached hydrogen (secondary N) is 1. The van der Waals surface area contributed by atoms with E-state index in [4.69, 9.17) is 0 Å². The van der Waals surface area contributed by atoms with Gasteiger partial charge in [-0.05, 0) is 55.9 Å². The highest BCUT2D eigenvalue weighted by atomic mass is 32.2. The van der Waals surface area contributed by atoms with Gasteiger partial charge in [0.25, 0.3) is 0 Å². The van der Waals surface area contributed by atoms with E-state index in [1.165, 1.54) is 0 Å². The maximum absolute atomic E-state index is 12.9. The molecule has 0 amide bonds. The molecule has 1 aromatic rings. The van der Waals surface area contributed by atoms with Crippen LogP contribution < -0.4 is 5.32 Å². The minimum atomic E-state index is -3.36. The molecular weight excluding hydrogens is 284 g/mol. The number of hydrogen-bond acceptors (Lipinski definition) is 3. The van der Waals surface area contributed by atoms with E-state index in [0.29, 0.717) is 23.9 Å². The van der Waals surface area contributed by atoms with Crippen LogP contribution in [-0.2, 0) is 10.0 Å². The highest BCUT2D eigenvalue weighted by Gasteiger charge is 2.32. The van der Waals surface area contributed by atoms with E-state index >= 15 is 0 Å². The lowest BCUT2D eigenvalue weighted by molar-refractivity contribution is 0.463. The number of rotatable bonds is 5. The number of nitrogens with zero attached hydrogens (tertiary/aromatic N) is 1. The largest absolute Gasteiger partial charge is 0.385 e. The second-order valence-electron chi connectivity index (χ2n) is 6.12. The molecule has 2 rings (SSSR count). The maximum Gasteiger partial charge on any atom is 0.243 e. The molecule has 0 radical (unpaired) electrons. The maximum atomic E-state index is 12.9. The summed E-state index contributed by atoms with van der Waals surface area (Å²) in [7, 11) is -3.36. The van der Waals surface area contributed by atoms with Crippen molar-refractivity contribution in [2.24, 2.45) is 5.92 Å². The van der Waals surface area contributed by atoms with E-state index in [1.807, 2.05) is 26.0 Å². The molecule has 1 aliphatic rings. The van der Waals surface area contributed by atoms with E-state index < -0.39 is 10.0 Å². The summed E-state index contributed by atoms with van der Waals surface area (Å²) in [6.07, 6.45) is 2.00. The predicted molar refractivity (Wildman–Crippen MR) is 87.2 cm³/mol. The zero-order chi connectivity index (χ0) is 15.6. The number of aryl methyl sites for hydroxylation is 2. The summed E-state index contributed by atoms with van der Waals surface area (Å²) in [5, 5.41) is 3.32. The molecule has 0 bridgehead atoms. The summed E-state index contributed by atoms with van der Waals surface area (Å²) >= 11 is 0. The third-order valence-electron chi connectivity index (χ3n) is 4.02. The van der Waals surface area contributed by atoms with E-state index in [-0.39, 0.29) is 0 Å². The SMILES string of the molecule is CCCNc1cc(C)c(S(=O)(=O)N2CCC(C)C2)c(C)c1. The first kappa shape index (κ1) is 16.3. The van der Waals surface area contributed by atoms with E-state index in [2.05, 4.69) is 19.2 Å². The fourth-order valence-corrected chi connectivity index (χ4v) is 4.96. The lowest BCUT2D eigenvalue weighted by atomic mass is 10.1. The minimum absolute atomic E-state index is 0.450. The molecule has 1 heterocycles. The van der Waals surface area contributed by atoms with Crippen LogP contribution in [0.2, 0.25) is 0 Å². The Bertz CT molecular complexity index is 588. The van der Waals surface area contributed by atoms with Crippen LogP contribution in [0.5, 0.6) is 0 Å². The van der Waals surface area contributed by atoms with Crippen molar-refractivity contribution < 1.29 is 8.42 Å². The quantitative estimate of drug-likeness (QED) is 0.909. The molecule has 1 aromatic carbocycles. The molecule has 1 aliphatic heterocycles. The van der Waals surface area contributed by atoms with E-state index in [9.17, 15) is 8.42 Å². The summed E-state index contributed by atoms with van der Waals surface area (Å²) in [6, 6.07) is 3.88. The van der Waals surface area contributed by atoms with Crippen LogP contribution in [-0.4, -0.2) is 32.4 Å². The highest BCUT2D eigenvalue weighted by Crippen LogP contribution is 2.30. The molecular formula is C16H26N2O2S. The third-order valence-corrected chi connectivity index (χ3v) is 6.20. The van der Waals surface area contributed by atoms with Crippen molar-refractivity contribution >= 4 is 15.7 Å². The molecule has 5 heteroatoms. The van der Waals surface area contributed by atoms with Crippen LogP contribution in [0.1, 0.15) is 37.8 Å². The van der Waals surface area contributed by atoms with Gasteiger partial charge >= 0.3 is 0 Å². The van der Waals surface area contributed by atoms with Gasteiger partial charge in [-0.1, -0.05) is 13.8 Å². The van der Waals surface area contributed by atoms with Crippen LogP contribution >= 0.6 is 0 Å². The summed E-state index contributed by atoms with van der Waals surface area (Å²) < 4.78 is 27.3. The molecule has 0 aliphatic carbocycles. The Morgan fingerprint density at radius 3 is 2.38 bits per heavy atom. The average molecular weight is 310 g/mol. The molecule has 1 N–H and O–H groups in total. The van der Waals surface area contributed by atoms with Gasteiger partial charge < -0.3 is 5.32 Å². The summed E-state index contributed by atoms with van der Waals surface area (Å²) in [5.74, 6) is 0.450. The molecule has 0 spiro atoms. The highest BCUT2D eigenvalue weighted by molar-refractivity contribution is 7.89. The lowest BCUT2D eigenvalue weighted by Crippen LogP contribution is -2.29. The molecule has 1 atom stereocenters. The van der Waals surface area contributed by atoms with Gasteiger partial charge in [-0.2, -0.15) is 4.31 Å². The summed E-state index contributed by atoms with van der Waals surface area (Å²) in [4.78, 5) is 0.485. The second kappa shape index (κ2) is 6.36. The molecule has 21 heavy (non-hydrogen) atoms. The molecule has 1 saturated heterocycles. The minimum Gasteiger partial charge on any atom is -0.385 e. The zero-order valence-corrected chi connectivity index (χ0v) is 14.3. The first-order valence-corrected chi connectivity index (χ1v) is 9.15. The van der Waals surface area contributed by atoms with Gasteiger partial charge in [-0.3, -0.25) is 0 Å². The monoisotopic (exact) mass is 310 g/mol. The normalized spacial score (nSPS) is 19.9. The van der Waals surface area contributed by atoms with Crippen LogP contribution in [0, 0.1) is 19.8 Å². The fourth-order valence-electron chi connectivity index (χ4n) is 2.97. The van der Waals surface area contributed by atoms with Gasteiger partial charge in [-0.25, -0.2) is 8.42 Å². The van der Waals surface area contributed by atoms with Crippen molar-refractivity contribution in [2.45, 2.75) is 45.4 Å². The molecule has 0 saturated carbocycles. The second-order valence-corrected chi connectivity index (χ2v) is 8.00. The van der Waals surface area contributed by atoms with Gasteiger partial charge in [0.05, 0.1) is 4.90 Å². The molecule has 118 valence electrons. The van der Waals surface area contributed by atoms with Crippen molar-refractivity contribution in [1.29, 1.82) is 0 Å². The van der Waals surface area contributed by atoms with Gasteiger partial charge in [0, 0.05) is 25.3 Å². The Labute approximate surface area is 128 Å². The summed E-state index contributed by atoms with van der Waals surface area (Å²) in [6.45, 7) is 10.2. The van der Waals surface area contributed by atoms with Crippen LogP contribution in [0.3, 0.4) is 0 Å². The van der Waals surface area contributed by atoms with Crippen LogP contribution in [0.4, 0.5) is 5.69 Å². The topological polar surface area (TPSA) is 49.4 Å². The molecule has 1 unspecified atom stereocenters. The van der Waals surface area contributed by atoms with Gasteiger partial charge in [0.15, 0.2) is 0 Å². The Morgan fingerprint density at radius 1 is 1.29 bits per heavy atom. The van der Waals surface area contributed by atoms with E-state index in [0.717, 1.165) is 36.2 Å². The van der Waals surface area contributed by atoms with Gasteiger partial charge in [-0.15, -0.1) is 0 Å². The Hall–Kier alpha value is -1.07. The third kappa shape index (κ3) is 3.40. The first-order valence-electron chi connectivity index (χ1n) is 7.71. The number of sulfonamides is 1. The predicted octanol–water partition coefficient (Wildman–Crippen LogP) is 3.16. The molecule has 1 fully saturated rings. The van der Waals surface area contributed by atoms with Crippen molar-refractivity contribution in [3.05, 3.63) is 23.3 Å². The first-order chi connectivity index (χ1) is 9.86. The van der Waals surface area contributed by atoms with Gasteiger partial charge in [0.1, 0.15) is 0 Å². The standard InChI is InChI=1S/C16H26N2O2S/c1-5-7-17-15-9-13(3)16(14(4)10-15)21(19,20)18-8-6-12(2)11-18/h9-10,12,17H,5-8,11H2,1-4H3. The Kier molecular flexibility index (Phi) is 4.94. The number of benzene rings is 1.